The fourth-order valence-corrected chi connectivity index (χ4v) is 1.40. The Hall–Kier alpha value is -0.530. The molecule has 0 saturated carbocycles. The maximum absolute atomic E-state index is 10.9. The Labute approximate surface area is 88.0 Å². The Morgan fingerprint density at radius 3 is 2.36 bits per heavy atom. The molecule has 0 spiro atoms. The molecule has 0 aliphatic heterocycles. The number of carbonyl (C=O) groups is 1. The van der Waals surface area contributed by atoms with Crippen molar-refractivity contribution in [1.29, 1.82) is 0 Å². The quantitative estimate of drug-likeness (QED) is 0.441. The van der Waals surface area contributed by atoms with E-state index in [4.69, 9.17) is 4.74 Å². The van der Waals surface area contributed by atoms with E-state index in [1.165, 1.54) is 32.1 Å². The number of unbranched alkanes of at least 4 members (excludes halogenated alkanes) is 4. The summed E-state index contributed by atoms with van der Waals surface area (Å²) in [5.74, 6) is -0.0777. The number of ether oxygens (including phenoxy) is 1. The molecule has 0 aromatic rings. The molecule has 0 amide bonds. The van der Waals surface area contributed by atoms with Crippen LogP contribution in [0.25, 0.3) is 0 Å². The van der Waals surface area contributed by atoms with Gasteiger partial charge in [0.05, 0.1) is 6.10 Å². The van der Waals surface area contributed by atoms with Crippen LogP contribution in [-0.2, 0) is 9.53 Å². The number of esters is 1. The average molecular weight is 200 g/mol. The molecule has 0 N–H and O–H groups in total. The van der Waals surface area contributed by atoms with Gasteiger partial charge in [0.15, 0.2) is 0 Å². The summed E-state index contributed by atoms with van der Waals surface area (Å²) in [5, 5.41) is 0. The largest absolute Gasteiger partial charge is 0.463 e. The maximum atomic E-state index is 10.9. The van der Waals surface area contributed by atoms with Crippen molar-refractivity contribution in [3.05, 3.63) is 0 Å². The highest BCUT2D eigenvalue weighted by atomic mass is 16.5. The zero-order valence-electron chi connectivity index (χ0n) is 9.84. The molecular weight excluding hydrogens is 176 g/mol. The van der Waals surface area contributed by atoms with Crippen LogP contribution in [0.15, 0.2) is 0 Å². The Kier molecular flexibility index (Phi) is 8.70. The van der Waals surface area contributed by atoms with E-state index in [1.807, 2.05) is 13.8 Å². The second-order valence-corrected chi connectivity index (χ2v) is 3.86. The highest BCUT2D eigenvalue weighted by Gasteiger charge is 2.06. The van der Waals surface area contributed by atoms with Gasteiger partial charge in [-0.2, -0.15) is 0 Å². The van der Waals surface area contributed by atoms with Crippen LogP contribution >= 0.6 is 0 Å². The zero-order valence-corrected chi connectivity index (χ0v) is 9.84. The van der Waals surface area contributed by atoms with Crippen LogP contribution in [0, 0.1) is 0 Å². The summed E-state index contributed by atoms with van der Waals surface area (Å²) in [6, 6.07) is 0. The Morgan fingerprint density at radius 1 is 1.14 bits per heavy atom. The van der Waals surface area contributed by atoms with Crippen molar-refractivity contribution in [3.63, 3.8) is 0 Å². The van der Waals surface area contributed by atoms with Gasteiger partial charge in [0, 0.05) is 6.42 Å². The van der Waals surface area contributed by atoms with Gasteiger partial charge in [-0.3, -0.25) is 4.79 Å². The summed E-state index contributed by atoms with van der Waals surface area (Å²) >= 11 is 0. The molecule has 14 heavy (non-hydrogen) atoms. The van der Waals surface area contributed by atoms with Crippen LogP contribution in [-0.4, -0.2) is 12.1 Å². The maximum Gasteiger partial charge on any atom is 0.305 e. The Morgan fingerprint density at radius 2 is 1.79 bits per heavy atom. The topological polar surface area (TPSA) is 26.3 Å². The van der Waals surface area contributed by atoms with Gasteiger partial charge >= 0.3 is 5.97 Å². The monoisotopic (exact) mass is 200 g/mol. The first-order valence-electron chi connectivity index (χ1n) is 5.90. The number of rotatable bonds is 8. The molecule has 0 rings (SSSR count). The van der Waals surface area contributed by atoms with E-state index in [2.05, 4.69) is 6.92 Å². The van der Waals surface area contributed by atoms with Crippen molar-refractivity contribution >= 4 is 5.97 Å². The molecule has 0 aliphatic rings. The van der Waals surface area contributed by atoms with Gasteiger partial charge in [-0.1, -0.05) is 39.5 Å². The SMILES string of the molecule is CCCCCCC[C@@H](C)OC(=O)CC. The molecule has 0 unspecified atom stereocenters. The third-order valence-electron chi connectivity index (χ3n) is 2.34. The molecule has 0 saturated heterocycles. The molecular formula is C12H24O2. The lowest BCUT2D eigenvalue weighted by Gasteiger charge is -2.11. The second kappa shape index (κ2) is 9.04. The smallest absolute Gasteiger partial charge is 0.305 e. The van der Waals surface area contributed by atoms with Crippen LogP contribution in [0.5, 0.6) is 0 Å². The normalized spacial score (nSPS) is 12.5. The van der Waals surface area contributed by atoms with Crippen molar-refractivity contribution in [1.82, 2.24) is 0 Å². The van der Waals surface area contributed by atoms with Crippen molar-refractivity contribution in [3.8, 4) is 0 Å². The first-order chi connectivity index (χ1) is 6.70. The number of hydrogen-bond acceptors (Lipinski definition) is 2. The Balaban J connectivity index is 3.26. The van der Waals surface area contributed by atoms with Gasteiger partial charge in [-0.25, -0.2) is 0 Å². The predicted molar refractivity (Wildman–Crippen MR) is 59.2 cm³/mol. The summed E-state index contributed by atoms with van der Waals surface area (Å²) in [5.41, 5.74) is 0. The van der Waals surface area contributed by atoms with E-state index >= 15 is 0 Å². The van der Waals surface area contributed by atoms with Crippen LogP contribution in [0.2, 0.25) is 0 Å². The van der Waals surface area contributed by atoms with Crippen LogP contribution in [0.4, 0.5) is 0 Å². The third-order valence-corrected chi connectivity index (χ3v) is 2.34. The first-order valence-corrected chi connectivity index (χ1v) is 5.90. The van der Waals surface area contributed by atoms with Gasteiger partial charge in [-0.15, -0.1) is 0 Å². The molecule has 84 valence electrons. The van der Waals surface area contributed by atoms with E-state index in [1.54, 1.807) is 0 Å². The molecule has 0 aliphatic carbocycles. The van der Waals surface area contributed by atoms with E-state index in [0.29, 0.717) is 6.42 Å². The molecule has 2 heteroatoms. The first kappa shape index (κ1) is 13.5. The van der Waals surface area contributed by atoms with E-state index in [-0.39, 0.29) is 12.1 Å². The zero-order chi connectivity index (χ0) is 10.8. The van der Waals surface area contributed by atoms with Crippen molar-refractivity contribution < 1.29 is 9.53 Å². The molecule has 0 radical (unpaired) electrons. The van der Waals surface area contributed by atoms with Crippen LogP contribution in [0.1, 0.15) is 65.7 Å². The lowest BCUT2D eigenvalue weighted by Crippen LogP contribution is -2.13. The minimum atomic E-state index is -0.0777. The fraction of sp³-hybridized carbons (Fsp3) is 0.917. The molecule has 0 bridgehead atoms. The molecule has 0 aromatic heterocycles. The molecule has 0 aromatic carbocycles. The summed E-state index contributed by atoms with van der Waals surface area (Å²) < 4.78 is 5.17. The van der Waals surface area contributed by atoms with E-state index in [9.17, 15) is 4.79 Å². The highest BCUT2D eigenvalue weighted by Crippen LogP contribution is 2.09. The summed E-state index contributed by atoms with van der Waals surface area (Å²) in [7, 11) is 0. The lowest BCUT2D eigenvalue weighted by molar-refractivity contribution is -0.148. The summed E-state index contributed by atoms with van der Waals surface area (Å²) in [4.78, 5) is 10.9. The standard InChI is InChI=1S/C12H24O2/c1-4-6-7-8-9-10-11(3)14-12(13)5-2/h11H,4-10H2,1-3H3/t11-/m1/s1. The molecule has 0 heterocycles. The average Bonchev–Trinajstić information content (AvgIpc) is 2.17. The molecule has 1 atom stereocenters. The minimum absolute atomic E-state index is 0.0777. The van der Waals surface area contributed by atoms with Gasteiger partial charge < -0.3 is 4.74 Å². The summed E-state index contributed by atoms with van der Waals surface area (Å²) in [6.07, 6.45) is 7.95. The van der Waals surface area contributed by atoms with Crippen LogP contribution in [0.3, 0.4) is 0 Å². The highest BCUT2D eigenvalue weighted by molar-refractivity contribution is 5.69. The number of hydrogen-bond donors (Lipinski definition) is 0. The van der Waals surface area contributed by atoms with Gasteiger partial charge in [0.1, 0.15) is 0 Å². The molecule has 0 fully saturated rings. The molecule has 2 nitrogen and oxygen atoms in total. The van der Waals surface area contributed by atoms with Gasteiger partial charge in [0.2, 0.25) is 0 Å². The summed E-state index contributed by atoms with van der Waals surface area (Å²) in [6.45, 7) is 6.02. The second-order valence-electron chi connectivity index (χ2n) is 3.86. The predicted octanol–water partition coefficient (Wildman–Crippen LogP) is 3.69. The van der Waals surface area contributed by atoms with Crippen molar-refractivity contribution in [2.75, 3.05) is 0 Å². The Bertz CT molecular complexity index is 143. The van der Waals surface area contributed by atoms with Gasteiger partial charge in [0.25, 0.3) is 0 Å². The van der Waals surface area contributed by atoms with Crippen molar-refractivity contribution in [2.24, 2.45) is 0 Å². The van der Waals surface area contributed by atoms with Crippen LogP contribution < -0.4 is 0 Å². The third kappa shape index (κ3) is 8.09. The fourth-order valence-electron chi connectivity index (χ4n) is 1.40. The van der Waals surface area contributed by atoms with Crippen molar-refractivity contribution in [2.45, 2.75) is 71.8 Å². The number of carbonyl (C=O) groups excluding carboxylic acids is 1. The lowest BCUT2D eigenvalue weighted by atomic mass is 10.1. The van der Waals surface area contributed by atoms with E-state index in [0.717, 1.165) is 6.42 Å². The van der Waals surface area contributed by atoms with E-state index < -0.39 is 0 Å². The minimum Gasteiger partial charge on any atom is -0.463 e. The van der Waals surface area contributed by atoms with Gasteiger partial charge in [-0.05, 0) is 19.8 Å².